The molecule has 0 radical (unpaired) electrons. The molecule has 0 unspecified atom stereocenters. The van der Waals surface area contributed by atoms with Crippen LogP contribution in [0.4, 0.5) is 14.5 Å². The Morgan fingerprint density at radius 1 is 1.25 bits per heavy atom. The average molecular weight is 286 g/mol. The third-order valence-corrected chi connectivity index (χ3v) is 2.84. The maximum Gasteiger partial charge on any atom is 0.238 e. The lowest BCUT2D eigenvalue weighted by molar-refractivity contribution is -0.117. The Balaban J connectivity index is 2.39. The topological polar surface area (TPSA) is 52.6 Å². The Hall–Kier alpha value is -1.53. The number of carbonyl (C=O) groups is 1. The lowest BCUT2D eigenvalue weighted by atomic mass is 10.2. The summed E-state index contributed by atoms with van der Waals surface area (Å²) < 4.78 is 26.7. The normalized spacial score (nSPS) is 10.8. The summed E-state index contributed by atoms with van der Waals surface area (Å²) in [6, 6.07) is 3.43. The highest BCUT2D eigenvalue weighted by atomic mass is 19.1. The van der Waals surface area contributed by atoms with Gasteiger partial charge in [0.25, 0.3) is 0 Å². The molecule has 0 atom stereocenters. The number of nitrogens with zero attached hydrogens (tertiary/aromatic N) is 1. The van der Waals surface area contributed by atoms with Gasteiger partial charge < -0.3 is 10.4 Å². The fourth-order valence-electron chi connectivity index (χ4n) is 1.79. The van der Waals surface area contributed by atoms with Crippen LogP contribution < -0.4 is 5.32 Å². The molecule has 1 aromatic rings. The van der Waals surface area contributed by atoms with Crippen LogP contribution in [-0.4, -0.2) is 42.7 Å². The quantitative estimate of drug-likeness (QED) is 0.719. The minimum atomic E-state index is -0.788. The van der Waals surface area contributed by atoms with E-state index in [1.165, 1.54) is 6.07 Å². The smallest absolute Gasteiger partial charge is 0.238 e. The van der Waals surface area contributed by atoms with Crippen molar-refractivity contribution >= 4 is 11.6 Å². The maximum atomic E-state index is 13.3. The number of anilines is 1. The number of halogens is 2. The molecule has 0 bridgehead atoms. The van der Waals surface area contributed by atoms with E-state index in [1.807, 2.05) is 0 Å². The standard InChI is InChI=1S/C14H20F2N2O2/c1-18(8-3-2-4-9-19)10-13(20)17-14-11(15)6-5-7-12(14)16/h5-7,19H,2-4,8-10H2,1H3,(H,17,20). The van der Waals surface area contributed by atoms with Gasteiger partial charge in [-0.05, 0) is 45.0 Å². The molecule has 0 aliphatic rings. The minimum absolute atomic E-state index is 0.0624. The molecular weight excluding hydrogens is 266 g/mol. The number of nitrogens with one attached hydrogen (secondary N) is 1. The third kappa shape index (κ3) is 5.63. The van der Waals surface area contributed by atoms with Gasteiger partial charge in [0.05, 0.1) is 6.54 Å². The number of carbonyl (C=O) groups excluding carboxylic acids is 1. The molecule has 6 heteroatoms. The summed E-state index contributed by atoms with van der Waals surface area (Å²) in [6.45, 7) is 0.914. The van der Waals surface area contributed by atoms with Crippen molar-refractivity contribution in [3.8, 4) is 0 Å². The molecule has 0 aliphatic heterocycles. The van der Waals surface area contributed by atoms with Gasteiger partial charge in [0, 0.05) is 6.61 Å². The Morgan fingerprint density at radius 3 is 2.50 bits per heavy atom. The molecular formula is C14H20F2N2O2. The lowest BCUT2D eigenvalue weighted by Crippen LogP contribution is -2.31. The van der Waals surface area contributed by atoms with Gasteiger partial charge >= 0.3 is 0 Å². The largest absolute Gasteiger partial charge is 0.396 e. The number of likely N-dealkylation sites (N-methyl/N-ethyl adjacent to an activating group) is 1. The maximum absolute atomic E-state index is 13.3. The highest BCUT2D eigenvalue weighted by Gasteiger charge is 2.13. The average Bonchev–Trinajstić information content (AvgIpc) is 2.39. The van der Waals surface area contributed by atoms with Crippen LogP contribution in [0.3, 0.4) is 0 Å². The molecule has 1 rings (SSSR count). The highest BCUT2D eigenvalue weighted by molar-refractivity contribution is 5.92. The van der Waals surface area contributed by atoms with Gasteiger partial charge in [-0.2, -0.15) is 0 Å². The van der Waals surface area contributed by atoms with Crippen LogP contribution in [0.25, 0.3) is 0 Å². The predicted molar refractivity (Wildman–Crippen MR) is 73.4 cm³/mol. The Kier molecular flexibility index (Phi) is 7.11. The van der Waals surface area contributed by atoms with E-state index in [4.69, 9.17) is 5.11 Å². The van der Waals surface area contributed by atoms with Crippen LogP contribution in [0.2, 0.25) is 0 Å². The summed E-state index contributed by atoms with van der Waals surface area (Å²) in [4.78, 5) is 13.5. The molecule has 0 saturated heterocycles. The van der Waals surface area contributed by atoms with Crippen molar-refractivity contribution in [2.24, 2.45) is 0 Å². The zero-order chi connectivity index (χ0) is 15.0. The number of rotatable bonds is 8. The Bertz CT molecular complexity index is 421. The number of aliphatic hydroxyl groups excluding tert-OH is 1. The lowest BCUT2D eigenvalue weighted by Gasteiger charge is -2.16. The molecule has 20 heavy (non-hydrogen) atoms. The van der Waals surface area contributed by atoms with E-state index >= 15 is 0 Å². The van der Waals surface area contributed by atoms with Crippen LogP contribution >= 0.6 is 0 Å². The van der Waals surface area contributed by atoms with Crippen molar-refractivity contribution in [2.75, 3.05) is 32.1 Å². The number of hydrogen-bond donors (Lipinski definition) is 2. The molecule has 0 heterocycles. The van der Waals surface area contributed by atoms with Crippen molar-refractivity contribution in [3.05, 3.63) is 29.8 Å². The molecule has 0 aromatic heterocycles. The van der Waals surface area contributed by atoms with Crippen LogP contribution in [0.1, 0.15) is 19.3 Å². The summed E-state index contributed by atoms with van der Waals surface area (Å²) in [5.41, 5.74) is -0.411. The van der Waals surface area contributed by atoms with E-state index in [9.17, 15) is 13.6 Å². The van der Waals surface area contributed by atoms with Crippen molar-refractivity contribution in [3.63, 3.8) is 0 Å². The minimum Gasteiger partial charge on any atom is -0.396 e. The molecule has 0 spiro atoms. The second-order valence-corrected chi connectivity index (χ2v) is 4.67. The van der Waals surface area contributed by atoms with Crippen LogP contribution in [0, 0.1) is 11.6 Å². The number of hydrogen-bond acceptors (Lipinski definition) is 3. The molecule has 2 N–H and O–H groups in total. The van der Waals surface area contributed by atoms with Crippen LogP contribution in [-0.2, 0) is 4.79 Å². The summed E-state index contributed by atoms with van der Waals surface area (Å²) in [6.07, 6.45) is 2.48. The highest BCUT2D eigenvalue weighted by Crippen LogP contribution is 2.17. The Labute approximate surface area is 117 Å². The van der Waals surface area contributed by atoms with E-state index in [-0.39, 0.29) is 13.2 Å². The van der Waals surface area contributed by atoms with Gasteiger partial charge in [-0.25, -0.2) is 8.78 Å². The summed E-state index contributed by atoms with van der Waals surface area (Å²) in [7, 11) is 1.76. The van der Waals surface area contributed by atoms with Crippen LogP contribution in [0.15, 0.2) is 18.2 Å². The van der Waals surface area contributed by atoms with E-state index in [0.717, 1.165) is 31.4 Å². The first-order chi connectivity index (χ1) is 9.54. The molecule has 4 nitrogen and oxygen atoms in total. The monoisotopic (exact) mass is 286 g/mol. The molecule has 112 valence electrons. The van der Waals surface area contributed by atoms with Crippen molar-refractivity contribution in [1.82, 2.24) is 4.90 Å². The zero-order valence-electron chi connectivity index (χ0n) is 11.5. The van der Waals surface area contributed by atoms with Gasteiger partial charge in [0.2, 0.25) is 5.91 Å². The van der Waals surface area contributed by atoms with Gasteiger partial charge in [0.1, 0.15) is 17.3 Å². The van der Waals surface area contributed by atoms with Crippen molar-refractivity contribution < 1.29 is 18.7 Å². The number of benzene rings is 1. The number of unbranched alkanes of at least 4 members (excludes halogenated alkanes) is 2. The molecule has 0 fully saturated rings. The number of aliphatic hydroxyl groups is 1. The fourth-order valence-corrected chi connectivity index (χ4v) is 1.79. The van der Waals surface area contributed by atoms with Crippen molar-refractivity contribution in [1.29, 1.82) is 0 Å². The summed E-state index contributed by atoms with van der Waals surface area (Å²) in [5.74, 6) is -2.04. The van der Waals surface area contributed by atoms with Gasteiger partial charge in [0.15, 0.2) is 0 Å². The van der Waals surface area contributed by atoms with E-state index in [1.54, 1.807) is 11.9 Å². The number of para-hydroxylation sites is 1. The second kappa shape index (κ2) is 8.60. The van der Waals surface area contributed by atoms with Crippen LogP contribution in [0.5, 0.6) is 0 Å². The molecule has 1 amide bonds. The van der Waals surface area contributed by atoms with Crippen molar-refractivity contribution in [2.45, 2.75) is 19.3 Å². The Morgan fingerprint density at radius 2 is 1.90 bits per heavy atom. The van der Waals surface area contributed by atoms with Gasteiger partial charge in [-0.15, -0.1) is 0 Å². The zero-order valence-corrected chi connectivity index (χ0v) is 11.5. The van der Waals surface area contributed by atoms with E-state index in [0.29, 0.717) is 6.54 Å². The first-order valence-corrected chi connectivity index (χ1v) is 6.58. The predicted octanol–water partition coefficient (Wildman–Crippen LogP) is 2.00. The third-order valence-electron chi connectivity index (χ3n) is 2.84. The van der Waals surface area contributed by atoms with E-state index in [2.05, 4.69) is 5.32 Å². The summed E-state index contributed by atoms with van der Waals surface area (Å²) >= 11 is 0. The number of amides is 1. The van der Waals surface area contributed by atoms with E-state index < -0.39 is 23.2 Å². The SMILES string of the molecule is CN(CCCCCO)CC(=O)Nc1c(F)cccc1F. The molecule has 1 aromatic carbocycles. The fraction of sp³-hybridized carbons (Fsp3) is 0.500. The summed E-state index contributed by atoms with van der Waals surface area (Å²) in [5, 5.41) is 10.9. The molecule has 0 saturated carbocycles. The second-order valence-electron chi connectivity index (χ2n) is 4.67. The first kappa shape index (κ1) is 16.5. The van der Waals surface area contributed by atoms with Gasteiger partial charge in [-0.3, -0.25) is 9.69 Å². The first-order valence-electron chi connectivity index (χ1n) is 6.58. The molecule has 0 aliphatic carbocycles. The van der Waals surface area contributed by atoms with Gasteiger partial charge in [-0.1, -0.05) is 6.07 Å².